The molecule has 0 spiro atoms. The zero-order chi connectivity index (χ0) is 15.7. The molecule has 0 radical (unpaired) electrons. The number of anilines is 1. The number of hydrogen-bond acceptors (Lipinski definition) is 5. The molecule has 2 heterocycles. The summed E-state index contributed by atoms with van der Waals surface area (Å²) in [6, 6.07) is 8.38. The Labute approximate surface area is 131 Å². The average molecular weight is 318 g/mol. The highest BCUT2D eigenvalue weighted by atomic mass is 35.5. The molecule has 0 fully saturated rings. The molecule has 7 heteroatoms. The zero-order valence-electron chi connectivity index (χ0n) is 11.9. The SMILES string of the molecule is Cc1cc(-c2nnc(NC(=O)c3cccc(Cl)c3)o2)c(C)o1. The number of aromatic nitrogens is 2. The maximum atomic E-state index is 12.1. The molecule has 0 bridgehead atoms. The lowest BCUT2D eigenvalue weighted by atomic mass is 10.2. The van der Waals surface area contributed by atoms with E-state index >= 15 is 0 Å². The van der Waals surface area contributed by atoms with Gasteiger partial charge in [0.05, 0.1) is 5.56 Å². The third-order valence-corrected chi connectivity index (χ3v) is 3.24. The molecule has 0 unspecified atom stereocenters. The quantitative estimate of drug-likeness (QED) is 0.793. The van der Waals surface area contributed by atoms with Gasteiger partial charge in [0.2, 0.25) is 0 Å². The molecule has 0 saturated heterocycles. The molecule has 0 aliphatic rings. The predicted octanol–water partition coefficient (Wildman–Crippen LogP) is 3.85. The van der Waals surface area contributed by atoms with Gasteiger partial charge in [-0.2, -0.15) is 0 Å². The fraction of sp³-hybridized carbons (Fsp3) is 0.133. The average Bonchev–Trinajstić information content (AvgIpc) is 3.05. The van der Waals surface area contributed by atoms with Crippen LogP contribution >= 0.6 is 11.6 Å². The van der Waals surface area contributed by atoms with Crippen molar-refractivity contribution in [2.45, 2.75) is 13.8 Å². The van der Waals surface area contributed by atoms with Crippen LogP contribution in [0, 0.1) is 13.8 Å². The smallest absolute Gasteiger partial charge is 0.322 e. The van der Waals surface area contributed by atoms with Crippen LogP contribution < -0.4 is 5.32 Å². The lowest BCUT2D eigenvalue weighted by molar-refractivity contribution is 0.102. The molecule has 22 heavy (non-hydrogen) atoms. The summed E-state index contributed by atoms with van der Waals surface area (Å²) in [5.41, 5.74) is 1.11. The van der Waals surface area contributed by atoms with Gasteiger partial charge in [-0.05, 0) is 38.1 Å². The maximum absolute atomic E-state index is 12.1. The van der Waals surface area contributed by atoms with Crippen LogP contribution in [0.25, 0.3) is 11.5 Å². The summed E-state index contributed by atoms with van der Waals surface area (Å²) >= 11 is 5.85. The second kappa shape index (κ2) is 5.65. The Hall–Kier alpha value is -2.60. The first kappa shape index (κ1) is 14.3. The normalized spacial score (nSPS) is 10.7. The van der Waals surface area contributed by atoms with Crippen LogP contribution in [-0.2, 0) is 0 Å². The van der Waals surface area contributed by atoms with Gasteiger partial charge in [0.1, 0.15) is 11.5 Å². The molecular formula is C15H12ClN3O3. The summed E-state index contributed by atoms with van der Waals surface area (Å²) in [7, 11) is 0. The van der Waals surface area contributed by atoms with E-state index in [0.717, 1.165) is 5.76 Å². The van der Waals surface area contributed by atoms with Crippen LogP contribution in [-0.4, -0.2) is 16.1 Å². The van der Waals surface area contributed by atoms with Gasteiger partial charge in [-0.15, -0.1) is 5.10 Å². The molecule has 0 atom stereocenters. The first-order valence-corrected chi connectivity index (χ1v) is 6.88. The van der Waals surface area contributed by atoms with Gasteiger partial charge in [-0.1, -0.05) is 22.8 Å². The van der Waals surface area contributed by atoms with E-state index in [9.17, 15) is 4.79 Å². The van der Waals surface area contributed by atoms with Gasteiger partial charge >= 0.3 is 6.01 Å². The number of carbonyl (C=O) groups excluding carboxylic acids is 1. The molecule has 2 aromatic heterocycles. The fourth-order valence-electron chi connectivity index (χ4n) is 2.02. The number of amides is 1. The number of aryl methyl sites for hydroxylation is 2. The Morgan fingerprint density at radius 3 is 2.68 bits per heavy atom. The third kappa shape index (κ3) is 2.87. The number of nitrogens with zero attached hydrogens (tertiary/aromatic N) is 2. The second-order valence-corrected chi connectivity index (χ2v) is 5.14. The number of benzene rings is 1. The Balaban J connectivity index is 1.80. The van der Waals surface area contributed by atoms with Crippen molar-refractivity contribution in [1.29, 1.82) is 0 Å². The number of halogens is 1. The Morgan fingerprint density at radius 2 is 2.00 bits per heavy atom. The lowest BCUT2D eigenvalue weighted by Gasteiger charge is -2.00. The maximum Gasteiger partial charge on any atom is 0.322 e. The van der Waals surface area contributed by atoms with Crippen molar-refractivity contribution in [1.82, 2.24) is 10.2 Å². The molecule has 3 rings (SSSR count). The van der Waals surface area contributed by atoms with E-state index in [0.29, 0.717) is 21.9 Å². The fourth-order valence-corrected chi connectivity index (χ4v) is 2.22. The first-order chi connectivity index (χ1) is 10.5. The van der Waals surface area contributed by atoms with E-state index in [2.05, 4.69) is 15.5 Å². The highest BCUT2D eigenvalue weighted by Crippen LogP contribution is 2.26. The topological polar surface area (TPSA) is 81.2 Å². The zero-order valence-corrected chi connectivity index (χ0v) is 12.6. The van der Waals surface area contributed by atoms with Gasteiger partial charge in [-0.25, -0.2) is 0 Å². The van der Waals surface area contributed by atoms with Crippen molar-refractivity contribution in [3.8, 4) is 11.5 Å². The Bertz CT molecular complexity index is 838. The van der Waals surface area contributed by atoms with Crippen LogP contribution in [0.4, 0.5) is 6.01 Å². The summed E-state index contributed by atoms with van der Waals surface area (Å²) in [5.74, 6) is 1.33. The standard InChI is InChI=1S/C15H12ClN3O3/c1-8-6-12(9(2)21-8)14-18-19-15(22-14)17-13(20)10-4-3-5-11(16)7-10/h3-7H,1-2H3,(H,17,19,20). The van der Waals surface area contributed by atoms with Crippen LogP contribution in [0.15, 0.2) is 39.2 Å². The second-order valence-electron chi connectivity index (χ2n) is 4.70. The molecule has 6 nitrogen and oxygen atoms in total. The van der Waals surface area contributed by atoms with Crippen molar-refractivity contribution < 1.29 is 13.6 Å². The van der Waals surface area contributed by atoms with E-state index in [1.54, 1.807) is 37.3 Å². The van der Waals surface area contributed by atoms with Crippen molar-refractivity contribution in [3.05, 3.63) is 52.4 Å². The highest BCUT2D eigenvalue weighted by Gasteiger charge is 2.16. The van der Waals surface area contributed by atoms with Gasteiger partial charge in [-0.3, -0.25) is 10.1 Å². The number of furan rings is 1. The first-order valence-electron chi connectivity index (χ1n) is 6.51. The summed E-state index contributed by atoms with van der Waals surface area (Å²) in [4.78, 5) is 12.1. The monoisotopic (exact) mass is 317 g/mol. The van der Waals surface area contributed by atoms with E-state index < -0.39 is 0 Å². The van der Waals surface area contributed by atoms with E-state index in [1.165, 1.54) is 0 Å². The lowest BCUT2D eigenvalue weighted by Crippen LogP contribution is -2.11. The number of hydrogen-bond donors (Lipinski definition) is 1. The van der Waals surface area contributed by atoms with E-state index in [4.69, 9.17) is 20.4 Å². The summed E-state index contributed by atoms with van der Waals surface area (Å²) in [5, 5.41) is 10.7. The Morgan fingerprint density at radius 1 is 1.18 bits per heavy atom. The van der Waals surface area contributed by atoms with Crippen LogP contribution in [0.3, 0.4) is 0 Å². The molecule has 1 aromatic carbocycles. The minimum absolute atomic E-state index is 0.0122. The molecule has 112 valence electrons. The van der Waals surface area contributed by atoms with Crippen molar-refractivity contribution in [2.75, 3.05) is 5.32 Å². The van der Waals surface area contributed by atoms with E-state index in [1.807, 2.05) is 6.92 Å². The minimum atomic E-state index is -0.377. The van der Waals surface area contributed by atoms with Gasteiger partial charge in [0, 0.05) is 10.6 Å². The van der Waals surface area contributed by atoms with Crippen molar-refractivity contribution >= 4 is 23.5 Å². The predicted molar refractivity (Wildman–Crippen MR) is 80.9 cm³/mol. The largest absolute Gasteiger partial charge is 0.466 e. The molecule has 3 aromatic rings. The summed E-state index contributed by atoms with van der Waals surface area (Å²) < 4.78 is 10.9. The highest BCUT2D eigenvalue weighted by molar-refractivity contribution is 6.31. The molecule has 0 aliphatic heterocycles. The molecule has 0 saturated carbocycles. The van der Waals surface area contributed by atoms with Crippen LogP contribution in [0.2, 0.25) is 5.02 Å². The number of carbonyl (C=O) groups is 1. The number of nitrogens with one attached hydrogen (secondary N) is 1. The van der Waals surface area contributed by atoms with E-state index in [-0.39, 0.29) is 17.8 Å². The van der Waals surface area contributed by atoms with Gasteiger partial charge < -0.3 is 8.83 Å². The summed E-state index contributed by atoms with van der Waals surface area (Å²) in [6.45, 7) is 3.63. The molecular weight excluding hydrogens is 306 g/mol. The van der Waals surface area contributed by atoms with Crippen LogP contribution in [0.5, 0.6) is 0 Å². The Kier molecular flexibility index (Phi) is 3.68. The number of rotatable bonds is 3. The van der Waals surface area contributed by atoms with Crippen molar-refractivity contribution in [3.63, 3.8) is 0 Å². The summed E-state index contributed by atoms with van der Waals surface area (Å²) in [6.07, 6.45) is 0. The minimum Gasteiger partial charge on any atom is -0.466 e. The molecule has 1 N–H and O–H groups in total. The van der Waals surface area contributed by atoms with Crippen LogP contribution in [0.1, 0.15) is 21.9 Å². The molecule has 1 amide bonds. The van der Waals surface area contributed by atoms with Crippen molar-refractivity contribution in [2.24, 2.45) is 0 Å². The van der Waals surface area contributed by atoms with Gasteiger partial charge in [0.25, 0.3) is 11.8 Å². The third-order valence-electron chi connectivity index (χ3n) is 3.00. The van der Waals surface area contributed by atoms with Gasteiger partial charge in [0.15, 0.2) is 0 Å². The molecule has 0 aliphatic carbocycles.